The Morgan fingerprint density at radius 2 is 2.44 bits per heavy atom. The van der Waals surface area contributed by atoms with Gasteiger partial charge in [-0.1, -0.05) is 0 Å². The van der Waals surface area contributed by atoms with E-state index in [1.165, 1.54) is 0 Å². The molecule has 90 valence electrons. The van der Waals surface area contributed by atoms with Crippen LogP contribution in [0.3, 0.4) is 0 Å². The predicted octanol–water partition coefficient (Wildman–Crippen LogP) is -0.110. The summed E-state index contributed by atoms with van der Waals surface area (Å²) in [6.07, 6.45) is 7.65. The fourth-order valence-corrected chi connectivity index (χ4v) is 2.11. The minimum absolute atomic E-state index is 0.0433. The van der Waals surface area contributed by atoms with Crippen molar-refractivity contribution in [1.82, 2.24) is 9.80 Å². The number of piperidine rings is 1. The minimum atomic E-state index is -0.553. The Hall–Kier alpha value is -1.05. The summed E-state index contributed by atoms with van der Waals surface area (Å²) in [4.78, 5) is 15.9. The molecule has 16 heavy (non-hydrogen) atoms. The van der Waals surface area contributed by atoms with Gasteiger partial charge in [0.2, 0.25) is 5.91 Å². The minimum Gasteiger partial charge on any atom is -0.340 e. The zero-order valence-corrected chi connectivity index (χ0v) is 10.1. The summed E-state index contributed by atoms with van der Waals surface area (Å²) in [5.74, 6) is 2.39. The lowest BCUT2D eigenvalue weighted by Crippen LogP contribution is -2.51. The number of terminal acetylenes is 1. The Bertz CT molecular complexity index is 284. The number of nitrogens with zero attached hydrogens (tertiary/aromatic N) is 2. The Kier molecular flexibility index (Phi) is 4.78. The number of carbonyl (C=O) groups excluding carboxylic acids is 1. The van der Waals surface area contributed by atoms with Gasteiger partial charge in [0.25, 0.3) is 0 Å². The topological polar surface area (TPSA) is 49.6 Å². The van der Waals surface area contributed by atoms with Gasteiger partial charge in [-0.15, -0.1) is 12.3 Å². The number of carbonyl (C=O) groups is 1. The van der Waals surface area contributed by atoms with Gasteiger partial charge in [-0.05, 0) is 26.4 Å². The smallest absolute Gasteiger partial charge is 0.240 e. The van der Waals surface area contributed by atoms with E-state index in [0.29, 0.717) is 6.42 Å². The molecule has 1 saturated heterocycles. The molecule has 0 aromatic heterocycles. The average Bonchev–Trinajstić information content (AvgIpc) is 2.27. The van der Waals surface area contributed by atoms with Crippen LogP contribution in [0.4, 0.5) is 0 Å². The number of likely N-dealkylation sites (N-methyl/N-ethyl adjacent to an activating group) is 2. The number of hydrogen-bond acceptors (Lipinski definition) is 3. The summed E-state index contributed by atoms with van der Waals surface area (Å²) in [5.41, 5.74) is 5.72. The zero-order valence-electron chi connectivity index (χ0n) is 10.1. The van der Waals surface area contributed by atoms with Gasteiger partial charge in [0.15, 0.2) is 0 Å². The molecule has 1 aliphatic rings. The molecule has 1 amide bonds. The lowest BCUT2D eigenvalue weighted by molar-refractivity contribution is -0.134. The molecule has 0 bridgehead atoms. The van der Waals surface area contributed by atoms with Crippen LogP contribution in [0.15, 0.2) is 0 Å². The van der Waals surface area contributed by atoms with Gasteiger partial charge in [0.1, 0.15) is 0 Å². The molecule has 0 radical (unpaired) electrons. The first-order chi connectivity index (χ1) is 7.56. The molecule has 2 unspecified atom stereocenters. The quantitative estimate of drug-likeness (QED) is 0.679. The lowest BCUT2D eigenvalue weighted by atomic mass is 10.0. The van der Waals surface area contributed by atoms with E-state index in [0.717, 1.165) is 25.9 Å². The van der Waals surface area contributed by atoms with Crippen molar-refractivity contribution < 1.29 is 4.79 Å². The van der Waals surface area contributed by atoms with E-state index >= 15 is 0 Å². The Morgan fingerprint density at radius 3 is 3.00 bits per heavy atom. The van der Waals surface area contributed by atoms with Crippen molar-refractivity contribution in [3.05, 3.63) is 0 Å². The third-order valence-electron chi connectivity index (χ3n) is 3.15. The van der Waals surface area contributed by atoms with E-state index in [2.05, 4.69) is 17.9 Å². The normalized spacial score (nSPS) is 23.5. The second-order valence-electron chi connectivity index (χ2n) is 4.52. The van der Waals surface area contributed by atoms with Crippen LogP contribution in [0, 0.1) is 12.3 Å². The largest absolute Gasteiger partial charge is 0.340 e. The van der Waals surface area contributed by atoms with E-state index < -0.39 is 6.04 Å². The first-order valence-electron chi connectivity index (χ1n) is 5.70. The van der Waals surface area contributed by atoms with Crippen molar-refractivity contribution in [1.29, 1.82) is 0 Å². The molecule has 1 aliphatic heterocycles. The van der Waals surface area contributed by atoms with E-state index in [-0.39, 0.29) is 11.9 Å². The third-order valence-corrected chi connectivity index (χ3v) is 3.15. The summed E-state index contributed by atoms with van der Waals surface area (Å²) in [7, 11) is 3.90. The molecule has 1 heterocycles. The standard InChI is InChI=1S/C12H21N3O/c1-4-6-11(13)12(16)15(3)10-7-5-8-14(2)9-10/h1,10-11H,5-9,13H2,2-3H3. The van der Waals surface area contributed by atoms with Crippen molar-refractivity contribution in [3.63, 3.8) is 0 Å². The van der Waals surface area contributed by atoms with Crippen LogP contribution < -0.4 is 5.73 Å². The maximum absolute atomic E-state index is 11.9. The Balaban J connectivity index is 2.52. The van der Waals surface area contributed by atoms with Gasteiger partial charge in [0, 0.05) is 26.1 Å². The first-order valence-corrected chi connectivity index (χ1v) is 5.70. The number of likely N-dealkylation sites (tertiary alicyclic amines) is 1. The summed E-state index contributed by atoms with van der Waals surface area (Å²) in [6.45, 7) is 2.03. The van der Waals surface area contributed by atoms with Crippen molar-refractivity contribution in [2.75, 3.05) is 27.2 Å². The molecule has 4 heteroatoms. The van der Waals surface area contributed by atoms with Gasteiger partial charge in [-0.25, -0.2) is 0 Å². The van der Waals surface area contributed by atoms with E-state index in [4.69, 9.17) is 12.2 Å². The zero-order chi connectivity index (χ0) is 12.1. The van der Waals surface area contributed by atoms with Crippen LogP contribution in [0.25, 0.3) is 0 Å². The second-order valence-corrected chi connectivity index (χ2v) is 4.52. The van der Waals surface area contributed by atoms with Crippen molar-refractivity contribution in [2.24, 2.45) is 5.73 Å². The van der Waals surface area contributed by atoms with E-state index in [1.54, 1.807) is 4.90 Å². The highest BCUT2D eigenvalue weighted by atomic mass is 16.2. The third kappa shape index (κ3) is 3.22. The van der Waals surface area contributed by atoms with Gasteiger partial charge in [0.05, 0.1) is 6.04 Å². The van der Waals surface area contributed by atoms with Crippen LogP contribution in [0.1, 0.15) is 19.3 Å². The SMILES string of the molecule is C#CCC(N)C(=O)N(C)C1CCCN(C)C1. The fraction of sp³-hybridized carbons (Fsp3) is 0.750. The molecule has 4 nitrogen and oxygen atoms in total. The fourth-order valence-electron chi connectivity index (χ4n) is 2.11. The summed E-state index contributed by atoms with van der Waals surface area (Å²) < 4.78 is 0. The molecule has 0 saturated carbocycles. The van der Waals surface area contributed by atoms with E-state index in [1.807, 2.05) is 7.05 Å². The molecule has 1 rings (SSSR count). The second kappa shape index (κ2) is 5.88. The highest BCUT2D eigenvalue weighted by Gasteiger charge is 2.26. The van der Waals surface area contributed by atoms with Crippen LogP contribution in [0.2, 0.25) is 0 Å². The molecule has 0 spiro atoms. The monoisotopic (exact) mass is 223 g/mol. The maximum Gasteiger partial charge on any atom is 0.240 e. The number of hydrogen-bond donors (Lipinski definition) is 1. The number of rotatable bonds is 3. The predicted molar refractivity (Wildman–Crippen MR) is 64.7 cm³/mol. The molecule has 2 atom stereocenters. The molecular weight excluding hydrogens is 202 g/mol. The molecule has 2 N–H and O–H groups in total. The Labute approximate surface area is 97.8 Å². The lowest BCUT2D eigenvalue weighted by Gasteiger charge is -2.36. The molecule has 0 aliphatic carbocycles. The van der Waals surface area contributed by atoms with Crippen molar-refractivity contribution in [2.45, 2.75) is 31.3 Å². The van der Waals surface area contributed by atoms with Crippen molar-refractivity contribution in [3.8, 4) is 12.3 Å². The maximum atomic E-state index is 11.9. The van der Waals surface area contributed by atoms with Gasteiger partial charge >= 0.3 is 0 Å². The number of amides is 1. The van der Waals surface area contributed by atoms with Crippen LogP contribution >= 0.6 is 0 Å². The van der Waals surface area contributed by atoms with Crippen molar-refractivity contribution >= 4 is 5.91 Å². The highest BCUT2D eigenvalue weighted by Crippen LogP contribution is 2.14. The van der Waals surface area contributed by atoms with Gasteiger partial charge in [-0.2, -0.15) is 0 Å². The molecule has 1 fully saturated rings. The average molecular weight is 223 g/mol. The summed E-state index contributed by atoms with van der Waals surface area (Å²) >= 11 is 0. The van der Waals surface area contributed by atoms with Crippen LogP contribution in [-0.4, -0.2) is 55.0 Å². The first kappa shape index (κ1) is 13.0. The van der Waals surface area contributed by atoms with E-state index in [9.17, 15) is 4.79 Å². The Morgan fingerprint density at radius 1 is 1.75 bits per heavy atom. The molecule has 0 aromatic carbocycles. The molecular formula is C12H21N3O. The van der Waals surface area contributed by atoms with Gasteiger partial charge in [-0.3, -0.25) is 4.79 Å². The highest BCUT2D eigenvalue weighted by molar-refractivity contribution is 5.82. The molecule has 0 aromatic rings. The van der Waals surface area contributed by atoms with Crippen LogP contribution in [0.5, 0.6) is 0 Å². The van der Waals surface area contributed by atoms with Crippen LogP contribution in [-0.2, 0) is 4.79 Å². The summed E-state index contributed by atoms with van der Waals surface area (Å²) in [6, 6.07) is -0.280. The number of nitrogens with two attached hydrogens (primary N) is 1. The summed E-state index contributed by atoms with van der Waals surface area (Å²) in [5, 5.41) is 0. The van der Waals surface area contributed by atoms with Gasteiger partial charge < -0.3 is 15.5 Å².